The minimum atomic E-state index is -2.78. The maximum atomic E-state index is 14.2. The molecule has 0 spiro atoms. The van der Waals surface area contributed by atoms with Gasteiger partial charge in [0.1, 0.15) is 12.1 Å². The fourth-order valence-corrected chi connectivity index (χ4v) is 5.64. The van der Waals surface area contributed by atoms with Crippen LogP contribution in [0.5, 0.6) is 0 Å². The summed E-state index contributed by atoms with van der Waals surface area (Å²) in [6.45, 7) is 1.21. The maximum Gasteiger partial charge on any atom is 0.273 e. The van der Waals surface area contributed by atoms with Crippen molar-refractivity contribution >= 4 is 11.7 Å². The van der Waals surface area contributed by atoms with E-state index in [1.165, 1.54) is 12.4 Å². The molecule has 1 aromatic heterocycles. The minimum absolute atomic E-state index is 0.00781. The molecular weight excluding hydrogens is 430 g/mol. The monoisotopic (exact) mass is 456 g/mol. The van der Waals surface area contributed by atoms with Crippen molar-refractivity contribution < 1.29 is 23.0 Å². The summed E-state index contributed by atoms with van der Waals surface area (Å²) in [6.07, 6.45) is 4.23. The maximum absolute atomic E-state index is 14.2. The second-order valence-electron chi connectivity index (χ2n) is 9.64. The highest BCUT2D eigenvalue weighted by atomic mass is 19.3. The van der Waals surface area contributed by atoms with Crippen LogP contribution in [0.25, 0.3) is 0 Å². The Morgan fingerprint density at radius 3 is 2.67 bits per heavy atom. The van der Waals surface area contributed by atoms with Crippen LogP contribution in [-0.2, 0) is 39.6 Å². The van der Waals surface area contributed by atoms with Gasteiger partial charge in [-0.2, -0.15) is 0 Å². The number of nitrogens with one attached hydrogen (secondary N) is 2. The normalized spacial score (nSPS) is 26.9. The molecule has 33 heavy (non-hydrogen) atoms. The van der Waals surface area contributed by atoms with Gasteiger partial charge in [0.2, 0.25) is 5.91 Å². The van der Waals surface area contributed by atoms with Crippen molar-refractivity contribution in [3.05, 3.63) is 52.5 Å². The summed E-state index contributed by atoms with van der Waals surface area (Å²) in [5.74, 6) is -1.58. The van der Waals surface area contributed by atoms with Crippen molar-refractivity contribution in [1.29, 1.82) is 0 Å². The number of hydrogen-bond acceptors (Lipinski definition) is 6. The van der Waals surface area contributed by atoms with Crippen LogP contribution in [0.2, 0.25) is 0 Å². The SMILES string of the molecule is O=C(Cc1ncnc(NCc2cccc3c2CCC3(F)F)c1C1OCCO1)NC12CC(C1)C2. The van der Waals surface area contributed by atoms with Gasteiger partial charge in [-0.15, -0.1) is 0 Å². The van der Waals surface area contributed by atoms with Crippen LogP contribution >= 0.6 is 0 Å². The summed E-state index contributed by atoms with van der Waals surface area (Å²) in [7, 11) is 0. The Morgan fingerprint density at radius 1 is 1.15 bits per heavy atom. The van der Waals surface area contributed by atoms with Gasteiger partial charge in [0, 0.05) is 24.1 Å². The molecule has 174 valence electrons. The Bertz CT molecular complexity index is 1090. The lowest BCUT2D eigenvalue weighted by Crippen LogP contribution is -2.68. The van der Waals surface area contributed by atoms with Crippen LogP contribution in [0.3, 0.4) is 0 Å². The van der Waals surface area contributed by atoms with Gasteiger partial charge in [0.05, 0.1) is 30.9 Å². The summed E-state index contributed by atoms with van der Waals surface area (Å²) in [4.78, 5) is 21.5. The Balaban J connectivity index is 1.24. The van der Waals surface area contributed by atoms with Crippen LogP contribution in [0.1, 0.15) is 59.9 Å². The van der Waals surface area contributed by atoms with Crippen molar-refractivity contribution in [2.75, 3.05) is 18.5 Å². The Morgan fingerprint density at radius 2 is 1.94 bits per heavy atom. The lowest BCUT2D eigenvalue weighted by molar-refractivity contribution is -0.132. The molecule has 1 saturated heterocycles. The first kappa shape index (κ1) is 20.9. The molecule has 3 saturated carbocycles. The number of ether oxygens (including phenoxy) is 2. The van der Waals surface area contributed by atoms with Crippen LogP contribution in [0, 0.1) is 5.92 Å². The topological polar surface area (TPSA) is 85.4 Å². The molecule has 4 fully saturated rings. The molecule has 2 heterocycles. The van der Waals surface area contributed by atoms with Crippen molar-refractivity contribution in [3.63, 3.8) is 0 Å². The summed E-state index contributed by atoms with van der Waals surface area (Å²) in [6, 6.07) is 5.03. The Kier molecular flexibility index (Phi) is 4.88. The number of hydrogen-bond donors (Lipinski definition) is 2. The van der Waals surface area contributed by atoms with Crippen molar-refractivity contribution in [3.8, 4) is 0 Å². The van der Waals surface area contributed by atoms with Crippen LogP contribution in [-0.4, -0.2) is 34.6 Å². The predicted molar refractivity (Wildman–Crippen MR) is 115 cm³/mol. The number of aromatic nitrogens is 2. The van der Waals surface area contributed by atoms with Gasteiger partial charge in [-0.1, -0.05) is 18.2 Å². The lowest BCUT2D eigenvalue weighted by Gasteiger charge is -2.61. The highest BCUT2D eigenvalue weighted by Crippen LogP contribution is 2.56. The number of alkyl halides is 2. The fourth-order valence-electron chi connectivity index (χ4n) is 5.64. The van der Waals surface area contributed by atoms with Gasteiger partial charge in [0.15, 0.2) is 6.29 Å². The molecule has 1 aliphatic heterocycles. The van der Waals surface area contributed by atoms with E-state index in [1.807, 2.05) is 6.07 Å². The van der Waals surface area contributed by atoms with E-state index in [0.717, 1.165) is 30.7 Å². The first-order chi connectivity index (χ1) is 15.9. The largest absolute Gasteiger partial charge is 0.365 e. The molecule has 7 rings (SSSR count). The molecular formula is C24H26F2N4O3. The van der Waals surface area contributed by atoms with Crippen LogP contribution < -0.4 is 10.6 Å². The van der Waals surface area contributed by atoms with Crippen molar-refractivity contribution in [2.24, 2.45) is 5.92 Å². The molecule has 7 nitrogen and oxygen atoms in total. The second kappa shape index (κ2) is 7.70. The number of nitrogens with zero attached hydrogens (tertiary/aromatic N) is 2. The average Bonchev–Trinajstić information content (AvgIpc) is 3.37. The quantitative estimate of drug-likeness (QED) is 0.665. The number of fused-ring (bicyclic) bond motifs is 1. The number of amides is 1. The third-order valence-corrected chi connectivity index (χ3v) is 7.40. The van der Waals surface area contributed by atoms with Gasteiger partial charge in [-0.25, -0.2) is 18.7 Å². The van der Waals surface area contributed by atoms with Gasteiger partial charge >= 0.3 is 0 Å². The van der Waals surface area contributed by atoms with E-state index in [0.29, 0.717) is 48.8 Å². The van der Waals surface area contributed by atoms with E-state index >= 15 is 0 Å². The first-order valence-corrected chi connectivity index (χ1v) is 11.5. The standard InChI is InChI=1S/C24H26F2N4O3/c25-24(26)5-4-16-15(2-1-3-17(16)24)12-27-21-20(22-32-6-7-33-22)18(28-13-29-21)8-19(31)30-23-9-14(10-23)11-23/h1-3,13-14,22H,4-12H2,(H,30,31)(H,27,28,29). The zero-order chi connectivity index (χ0) is 22.6. The first-order valence-electron chi connectivity index (χ1n) is 11.5. The number of halogens is 2. The number of rotatable bonds is 7. The number of benzene rings is 1. The molecule has 4 aliphatic carbocycles. The Labute approximate surface area is 190 Å². The van der Waals surface area contributed by atoms with Crippen molar-refractivity contribution in [1.82, 2.24) is 15.3 Å². The minimum Gasteiger partial charge on any atom is -0.365 e. The Hall–Kier alpha value is -2.65. The summed E-state index contributed by atoms with van der Waals surface area (Å²) in [5, 5.41) is 6.43. The smallest absolute Gasteiger partial charge is 0.273 e. The molecule has 2 bridgehead atoms. The van der Waals surface area contributed by atoms with Crippen LogP contribution in [0.4, 0.5) is 14.6 Å². The highest BCUT2D eigenvalue weighted by Gasteiger charge is 2.57. The van der Waals surface area contributed by atoms with E-state index in [4.69, 9.17) is 9.47 Å². The molecule has 0 radical (unpaired) electrons. The highest BCUT2D eigenvalue weighted by molar-refractivity contribution is 5.80. The van der Waals surface area contributed by atoms with Gasteiger partial charge in [-0.3, -0.25) is 4.79 Å². The third kappa shape index (κ3) is 3.67. The molecule has 0 unspecified atom stereocenters. The lowest BCUT2D eigenvalue weighted by atomic mass is 9.50. The molecule has 5 aliphatic rings. The summed E-state index contributed by atoms with van der Waals surface area (Å²) in [5.41, 5.74) is 2.75. The molecule has 1 aromatic carbocycles. The number of carbonyl (C=O) groups excluding carboxylic acids is 1. The van der Waals surface area contributed by atoms with E-state index < -0.39 is 12.2 Å². The van der Waals surface area contributed by atoms with E-state index in [-0.39, 0.29) is 29.9 Å². The van der Waals surface area contributed by atoms with E-state index in [2.05, 4.69) is 20.6 Å². The van der Waals surface area contributed by atoms with E-state index in [1.54, 1.807) is 6.07 Å². The van der Waals surface area contributed by atoms with E-state index in [9.17, 15) is 13.6 Å². The number of anilines is 1. The third-order valence-electron chi connectivity index (χ3n) is 7.40. The summed E-state index contributed by atoms with van der Waals surface area (Å²) >= 11 is 0. The van der Waals surface area contributed by atoms with Gasteiger partial charge in [0.25, 0.3) is 5.92 Å². The molecule has 2 N–H and O–H groups in total. The average molecular weight is 456 g/mol. The zero-order valence-electron chi connectivity index (χ0n) is 18.2. The van der Waals surface area contributed by atoms with Crippen LogP contribution in [0.15, 0.2) is 24.5 Å². The molecule has 9 heteroatoms. The second-order valence-corrected chi connectivity index (χ2v) is 9.64. The predicted octanol–water partition coefficient (Wildman–Crippen LogP) is 3.38. The fraction of sp³-hybridized carbons (Fsp3) is 0.542. The van der Waals surface area contributed by atoms with Gasteiger partial charge < -0.3 is 20.1 Å². The van der Waals surface area contributed by atoms with Gasteiger partial charge in [-0.05, 0) is 42.7 Å². The van der Waals surface area contributed by atoms with Crippen molar-refractivity contribution in [2.45, 2.75) is 62.8 Å². The molecule has 2 aromatic rings. The molecule has 1 amide bonds. The molecule has 0 atom stereocenters. The zero-order valence-corrected chi connectivity index (χ0v) is 18.2. The number of carbonyl (C=O) groups is 1. The summed E-state index contributed by atoms with van der Waals surface area (Å²) < 4.78 is 39.8.